The molecule has 2 heterocycles. The lowest BCUT2D eigenvalue weighted by molar-refractivity contribution is -0.0406. The van der Waals surface area contributed by atoms with Crippen LogP contribution in [0, 0.1) is 0 Å². The van der Waals surface area contributed by atoms with E-state index in [1.807, 2.05) is 25.2 Å². The molecule has 2 aliphatic rings. The number of anilines is 1. The smallest absolute Gasteiger partial charge is 0.163 e. The fourth-order valence-corrected chi connectivity index (χ4v) is 3.23. The first-order valence-corrected chi connectivity index (χ1v) is 9.22. The Morgan fingerprint density at radius 3 is 3.00 bits per heavy atom. The van der Waals surface area contributed by atoms with Crippen molar-refractivity contribution in [1.29, 1.82) is 0 Å². The van der Waals surface area contributed by atoms with Crippen LogP contribution in [0.25, 0.3) is 0 Å². The Balaban J connectivity index is 1.60. The number of hydrogen-bond acceptors (Lipinski definition) is 8. The van der Waals surface area contributed by atoms with Crippen molar-refractivity contribution >= 4 is 5.69 Å². The van der Waals surface area contributed by atoms with Gasteiger partial charge in [0.2, 0.25) is 0 Å². The molecule has 146 valence electrons. The standard InChI is InChI=1S/C18H31N5O3/c1-19-17-6-7-20-18(22-17)21-13-4-5-15(24-3)16(10-13)26-12-14-11-23(2)8-9-25-14/h4-5,10,14,17-22H,6-9,11-12H2,1-3H3/t14-,17?,18?/m0/s1. The Kier molecular flexibility index (Phi) is 6.93. The molecule has 1 aromatic rings. The van der Waals surface area contributed by atoms with Crippen LogP contribution in [0.1, 0.15) is 6.42 Å². The highest BCUT2D eigenvalue weighted by atomic mass is 16.5. The Bertz CT molecular complexity index is 574. The number of morpholine rings is 1. The molecule has 0 amide bonds. The van der Waals surface area contributed by atoms with Gasteiger partial charge in [0.15, 0.2) is 11.5 Å². The molecule has 26 heavy (non-hydrogen) atoms. The molecule has 3 atom stereocenters. The van der Waals surface area contributed by atoms with E-state index in [0.717, 1.165) is 49.8 Å². The predicted octanol–water partition coefficient (Wildman–Crippen LogP) is 0.229. The van der Waals surface area contributed by atoms with E-state index in [1.54, 1.807) is 7.11 Å². The van der Waals surface area contributed by atoms with Crippen molar-refractivity contribution in [2.24, 2.45) is 0 Å². The molecular formula is C18H31N5O3. The summed E-state index contributed by atoms with van der Waals surface area (Å²) in [6, 6.07) is 5.88. The molecule has 8 nitrogen and oxygen atoms in total. The van der Waals surface area contributed by atoms with Gasteiger partial charge in [0.1, 0.15) is 19.0 Å². The third kappa shape index (κ3) is 5.21. The molecule has 8 heteroatoms. The number of benzene rings is 1. The molecule has 2 fully saturated rings. The number of rotatable bonds is 7. The summed E-state index contributed by atoms with van der Waals surface area (Å²) < 4.78 is 17.2. The van der Waals surface area contributed by atoms with E-state index in [2.05, 4.69) is 33.2 Å². The highest BCUT2D eigenvalue weighted by Crippen LogP contribution is 2.30. The van der Waals surface area contributed by atoms with Crippen LogP contribution in [0.4, 0.5) is 5.69 Å². The van der Waals surface area contributed by atoms with Crippen LogP contribution >= 0.6 is 0 Å². The minimum Gasteiger partial charge on any atom is -0.493 e. The van der Waals surface area contributed by atoms with E-state index < -0.39 is 0 Å². The van der Waals surface area contributed by atoms with Crippen molar-refractivity contribution in [3.05, 3.63) is 18.2 Å². The fourth-order valence-electron chi connectivity index (χ4n) is 3.23. The largest absolute Gasteiger partial charge is 0.493 e. The summed E-state index contributed by atoms with van der Waals surface area (Å²) in [4.78, 5) is 2.26. The Morgan fingerprint density at radius 1 is 1.35 bits per heavy atom. The monoisotopic (exact) mass is 365 g/mol. The zero-order valence-corrected chi connectivity index (χ0v) is 15.9. The number of nitrogens with zero attached hydrogens (tertiary/aromatic N) is 1. The van der Waals surface area contributed by atoms with E-state index in [9.17, 15) is 0 Å². The summed E-state index contributed by atoms with van der Waals surface area (Å²) in [7, 11) is 5.72. The molecule has 3 rings (SSSR count). The average Bonchev–Trinajstić information content (AvgIpc) is 2.67. The minimum absolute atomic E-state index is 0.00206. The third-order valence-electron chi connectivity index (χ3n) is 4.74. The van der Waals surface area contributed by atoms with Crippen molar-refractivity contribution in [3.8, 4) is 11.5 Å². The maximum absolute atomic E-state index is 6.02. The second-order valence-electron chi connectivity index (χ2n) is 6.76. The lowest BCUT2D eigenvalue weighted by Gasteiger charge is -2.33. The van der Waals surface area contributed by atoms with E-state index in [1.165, 1.54) is 0 Å². The SMILES string of the molecule is CNC1CCNC(Nc2ccc(OC)c(OC[C@@H]3CN(C)CCO3)c2)N1. The zero-order valence-electron chi connectivity index (χ0n) is 15.9. The average molecular weight is 365 g/mol. The normalized spacial score (nSPS) is 27.1. The van der Waals surface area contributed by atoms with Crippen molar-refractivity contribution in [2.45, 2.75) is 25.0 Å². The van der Waals surface area contributed by atoms with Crippen LogP contribution in [-0.4, -0.2) is 77.5 Å². The van der Waals surface area contributed by atoms with Gasteiger partial charge in [0.05, 0.1) is 19.9 Å². The van der Waals surface area contributed by atoms with Gasteiger partial charge in [-0.2, -0.15) is 0 Å². The zero-order chi connectivity index (χ0) is 18.4. The minimum atomic E-state index is -0.00206. The van der Waals surface area contributed by atoms with Crippen LogP contribution < -0.4 is 30.7 Å². The number of nitrogens with one attached hydrogen (secondary N) is 4. The fraction of sp³-hybridized carbons (Fsp3) is 0.667. The Hall–Kier alpha value is -1.58. The summed E-state index contributed by atoms with van der Waals surface area (Å²) in [5, 5.41) is 13.6. The third-order valence-corrected chi connectivity index (χ3v) is 4.74. The van der Waals surface area contributed by atoms with Crippen molar-refractivity contribution in [3.63, 3.8) is 0 Å². The van der Waals surface area contributed by atoms with E-state index in [4.69, 9.17) is 14.2 Å². The number of likely N-dealkylation sites (N-methyl/N-ethyl adjacent to an activating group) is 1. The van der Waals surface area contributed by atoms with E-state index in [0.29, 0.717) is 12.8 Å². The quantitative estimate of drug-likeness (QED) is 0.547. The molecule has 0 aromatic heterocycles. The molecule has 4 N–H and O–H groups in total. The van der Waals surface area contributed by atoms with Gasteiger partial charge in [-0.15, -0.1) is 0 Å². The Morgan fingerprint density at radius 2 is 2.23 bits per heavy atom. The summed E-state index contributed by atoms with van der Waals surface area (Å²) in [6.45, 7) is 4.04. The maximum Gasteiger partial charge on any atom is 0.163 e. The molecule has 0 saturated carbocycles. The molecule has 2 aliphatic heterocycles. The van der Waals surface area contributed by atoms with Gasteiger partial charge in [-0.3, -0.25) is 10.6 Å². The van der Waals surface area contributed by atoms with Crippen molar-refractivity contribution in [1.82, 2.24) is 20.9 Å². The second-order valence-corrected chi connectivity index (χ2v) is 6.76. The lowest BCUT2D eigenvalue weighted by Crippen LogP contribution is -2.61. The molecule has 0 bridgehead atoms. The summed E-state index contributed by atoms with van der Waals surface area (Å²) >= 11 is 0. The Labute approximate surface area is 155 Å². The van der Waals surface area contributed by atoms with Crippen LogP contribution in [0.5, 0.6) is 11.5 Å². The summed E-state index contributed by atoms with van der Waals surface area (Å²) in [6.07, 6.45) is 1.41. The number of ether oxygens (including phenoxy) is 3. The highest BCUT2D eigenvalue weighted by Gasteiger charge is 2.21. The van der Waals surface area contributed by atoms with E-state index >= 15 is 0 Å². The molecule has 0 spiro atoms. The molecule has 2 unspecified atom stereocenters. The van der Waals surface area contributed by atoms with Crippen molar-refractivity contribution < 1.29 is 14.2 Å². The van der Waals surface area contributed by atoms with Crippen molar-refractivity contribution in [2.75, 3.05) is 59.4 Å². The van der Waals surface area contributed by atoms with Gasteiger partial charge in [-0.25, -0.2) is 0 Å². The first-order valence-electron chi connectivity index (χ1n) is 9.22. The summed E-state index contributed by atoms with van der Waals surface area (Å²) in [5.41, 5.74) is 0.962. The van der Waals surface area contributed by atoms with E-state index in [-0.39, 0.29) is 12.4 Å². The van der Waals surface area contributed by atoms with Crippen LogP contribution in [-0.2, 0) is 4.74 Å². The summed E-state index contributed by atoms with van der Waals surface area (Å²) in [5.74, 6) is 1.44. The topological polar surface area (TPSA) is 79.0 Å². The molecular weight excluding hydrogens is 334 g/mol. The predicted molar refractivity (Wildman–Crippen MR) is 102 cm³/mol. The van der Waals surface area contributed by atoms with Gasteiger partial charge >= 0.3 is 0 Å². The van der Waals surface area contributed by atoms with Gasteiger partial charge in [0, 0.05) is 31.4 Å². The van der Waals surface area contributed by atoms with Gasteiger partial charge in [0.25, 0.3) is 0 Å². The van der Waals surface area contributed by atoms with Gasteiger partial charge in [-0.1, -0.05) is 0 Å². The van der Waals surface area contributed by atoms with Gasteiger partial charge < -0.3 is 29.7 Å². The second kappa shape index (κ2) is 9.38. The number of hydrogen-bond donors (Lipinski definition) is 4. The first-order chi connectivity index (χ1) is 12.7. The molecule has 0 aliphatic carbocycles. The molecule has 0 radical (unpaired) electrons. The molecule has 1 aromatic carbocycles. The van der Waals surface area contributed by atoms with Gasteiger partial charge in [-0.05, 0) is 32.6 Å². The molecule has 2 saturated heterocycles. The van der Waals surface area contributed by atoms with Crippen LogP contribution in [0.15, 0.2) is 18.2 Å². The maximum atomic E-state index is 6.02. The van der Waals surface area contributed by atoms with Crippen LogP contribution in [0.2, 0.25) is 0 Å². The highest BCUT2D eigenvalue weighted by molar-refractivity contribution is 5.55. The number of methoxy groups -OCH3 is 1. The lowest BCUT2D eigenvalue weighted by atomic mass is 10.2. The first kappa shape index (κ1) is 19.2. The van der Waals surface area contributed by atoms with Crippen LogP contribution in [0.3, 0.4) is 0 Å².